The molecule has 4 rings (SSSR count). The summed E-state index contributed by atoms with van der Waals surface area (Å²) in [5.41, 5.74) is 8.87. The number of nitrogens with two attached hydrogens (primary N) is 1. The first-order valence-electron chi connectivity index (χ1n) is 7.52. The molecule has 0 spiro atoms. The molecule has 8 nitrogen and oxygen atoms in total. The van der Waals surface area contributed by atoms with Gasteiger partial charge in [0, 0.05) is 23.9 Å². The monoisotopic (exact) mass is 321 g/mol. The lowest BCUT2D eigenvalue weighted by atomic mass is 10.1. The number of pyridine rings is 2. The third-order valence-corrected chi connectivity index (χ3v) is 3.60. The summed E-state index contributed by atoms with van der Waals surface area (Å²) in [6, 6.07) is 7.65. The Kier molecular flexibility index (Phi) is 3.23. The smallest absolute Gasteiger partial charge is 0.266 e. The Balaban J connectivity index is 1.95. The fourth-order valence-electron chi connectivity index (χ4n) is 2.42. The number of nitrogens with zero attached hydrogens (tertiary/aromatic N) is 6. The highest BCUT2D eigenvalue weighted by Crippen LogP contribution is 2.28. The van der Waals surface area contributed by atoms with Crippen molar-refractivity contribution in [3.05, 3.63) is 42.5 Å². The van der Waals surface area contributed by atoms with E-state index in [4.69, 9.17) is 10.2 Å². The van der Waals surface area contributed by atoms with Crippen molar-refractivity contribution in [2.75, 3.05) is 5.73 Å². The van der Waals surface area contributed by atoms with Crippen molar-refractivity contribution in [1.82, 2.24) is 29.8 Å². The second-order valence-corrected chi connectivity index (χ2v) is 5.71. The lowest BCUT2D eigenvalue weighted by Gasteiger charge is -2.05. The van der Waals surface area contributed by atoms with E-state index >= 15 is 0 Å². The van der Waals surface area contributed by atoms with Gasteiger partial charge in [0.15, 0.2) is 5.65 Å². The van der Waals surface area contributed by atoms with Gasteiger partial charge in [-0.05, 0) is 23.8 Å². The van der Waals surface area contributed by atoms with E-state index in [1.807, 2.05) is 38.1 Å². The predicted octanol–water partition coefficient (Wildman–Crippen LogP) is 2.55. The molecule has 120 valence electrons. The Hall–Kier alpha value is -3.29. The van der Waals surface area contributed by atoms with E-state index in [1.54, 1.807) is 16.9 Å². The molecule has 0 bridgehead atoms. The van der Waals surface area contributed by atoms with E-state index in [0.717, 1.165) is 11.1 Å². The molecule has 0 aromatic carbocycles. The zero-order valence-corrected chi connectivity index (χ0v) is 13.2. The first-order valence-corrected chi connectivity index (χ1v) is 7.52. The molecule has 0 amide bonds. The lowest BCUT2D eigenvalue weighted by molar-refractivity contribution is 0.478. The van der Waals surface area contributed by atoms with Crippen molar-refractivity contribution < 1.29 is 4.42 Å². The Morgan fingerprint density at radius 1 is 1.17 bits per heavy atom. The van der Waals surface area contributed by atoms with Crippen molar-refractivity contribution >= 4 is 11.6 Å². The number of rotatable bonds is 3. The minimum Gasteiger partial charge on any atom is -0.419 e. The fraction of sp³-hybridized carbons (Fsp3) is 0.188. The van der Waals surface area contributed by atoms with Gasteiger partial charge in [0.25, 0.3) is 5.89 Å². The molecule has 0 aliphatic heterocycles. The van der Waals surface area contributed by atoms with Crippen LogP contribution in [0.25, 0.3) is 28.4 Å². The minimum atomic E-state index is 0.143. The Morgan fingerprint density at radius 2 is 2.04 bits per heavy atom. The molecule has 0 radical (unpaired) electrons. The Morgan fingerprint density at radius 3 is 2.75 bits per heavy atom. The van der Waals surface area contributed by atoms with Crippen molar-refractivity contribution in [1.29, 1.82) is 0 Å². The average Bonchev–Trinajstić information content (AvgIpc) is 3.20. The van der Waals surface area contributed by atoms with Crippen LogP contribution in [0.1, 0.15) is 25.7 Å². The molecule has 0 fully saturated rings. The summed E-state index contributed by atoms with van der Waals surface area (Å²) in [4.78, 5) is 8.40. The van der Waals surface area contributed by atoms with E-state index in [0.29, 0.717) is 23.1 Å². The van der Waals surface area contributed by atoms with Crippen LogP contribution in [0.2, 0.25) is 0 Å². The van der Waals surface area contributed by atoms with Crippen molar-refractivity contribution in [2.45, 2.75) is 19.8 Å². The van der Waals surface area contributed by atoms with Gasteiger partial charge in [-0.1, -0.05) is 19.9 Å². The normalized spacial score (nSPS) is 11.5. The third-order valence-electron chi connectivity index (χ3n) is 3.60. The van der Waals surface area contributed by atoms with Crippen LogP contribution in [0.15, 0.2) is 41.1 Å². The predicted molar refractivity (Wildman–Crippen MR) is 88.0 cm³/mol. The molecule has 2 N–H and O–H groups in total. The number of hydrogen-bond donors (Lipinski definition) is 1. The molecule has 8 heteroatoms. The molecular formula is C16H15N7O. The Bertz CT molecular complexity index is 1000. The molecule has 0 saturated carbocycles. The maximum atomic E-state index is 5.77. The van der Waals surface area contributed by atoms with Crippen LogP contribution in [0.4, 0.5) is 5.95 Å². The summed E-state index contributed by atoms with van der Waals surface area (Å²) in [6.45, 7) is 3.98. The fourth-order valence-corrected chi connectivity index (χ4v) is 2.42. The molecule has 0 aliphatic carbocycles. The van der Waals surface area contributed by atoms with E-state index in [9.17, 15) is 0 Å². The van der Waals surface area contributed by atoms with Gasteiger partial charge in [0.1, 0.15) is 5.69 Å². The summed E-state index contributed by atoms with van der Waals surface area (Å²) in [7, 11) is 0. The van der Waals surface area contributed by atoms with Gasteiger partial charge in [-0.25, -0.2) is 4.52 Å². The van der Waals surface area contributed by atoms with Crippen molar-refractivity contribution in [2.24, 2.45) is 0 Å². The average molecular weight is 321 g/mol. The SMILES string of the molecule is CC(C)c1nnc(-c2cc(-c3cccnc3)cc3nc(N)nn23)o1. The van der Waals surface area contributed by atoms with Crippen LogP contribution in [-0.2, 0) is 0 Å². The first-order chi connectivity index (χ1) is 11.6. The van der Waals surface area contributed by atoms with Crippen molar-refractivity contribution in [3.8, 4) is 22.7 Å². The minimum absolute atomic E-state index is 0.143. The van der Waals surface area contributed by atoms with Crippen LogP contribution >= 0.6 is 0 Å². The van der Waals surface area contributed by atoms with Gasteiger partial charge in [-0.15, -0.1) is 15.3 Å². The number of anilines is 1. The highest BCUT2D eigenvalue weighted by atomic mass is 16.4. The molecule has 0 saturated heterocycles. The van der Waals surface area contributed by atoms with E-state index in [2.05, 4.69) is 25.3 Å². The maximum absolute atomic E-state index is 5.77. The Labute approximate surface area is 137 Å². The number of aromatic nitrogens is 6. The summed E-state index contributed by atoms with van der Waals surface area (Å²) in [5, 5.41) is 12.4. The van der Waals surface area contributed by atoms with Gasteiger partial charge in [-0.3, -0.25) is 4.98 Å². The van der Waals surface area contributed by atoms with Crippen LogP contribution < -0.4 is 5.73 Å². The molecule has 0 unspecified atom stereocenters. The largest absolute Gasteiger partial charge is 0.419 e. The summed E-state index contributed by atoms with van der Waals surface area (Å²) < 4.78 is 7.38. The van der Waals surface area contributed by atoms with Crippen molar-refractivity contribution in [3.63, 3.8) is 0 Å². The zero-order chi connectivity index (χ0) is 16.7. The summed E-state index contributed by atoms with van der Waals surface area (Å²) in [5.74, 6) is 1.27. The van der Waals surface area contributed by atoms with E-state index in [1.165, 1.54) is 0 Å². The zero-order valence-electron chi connectivity index (χ0n) is 13.2. The topological polar surface area (TPSA) is 108 Å². The number of fused-ring (bicyclic) bond motifs is 1. The van der Waals surface area contributed by atoms with Gasteiger partial charge >= 0.3 is 0 Å². The van der Waals surface area contributed by atoms with Crippen LogP contribution in [0.5, 0.6) is 0 Å². The molecule has 0 aliphatic rings. The first kappa shape index (κ1) is 14.3. The lowest BCUT2D eigenvalue weighted by Crippen LogP contribution is -1.96. The molecule has 4 aromatic heterocycles. The number of hydrogen-bond acceptors (Lipinski definition) is 7. The number of nitrogen functional groups attached to an aromatic ring is 1. The molecule has 4 heterocycles. The molecule has 0 atom stereocenters. The molecular weight excluding hydrogens is 306 g/mol. The quantitative estimate of drug-likeness (QED) is 0.617. The van der Waals surface area contributed by atoms with Gasteiger partial charge in [-0.2, -0.15) is 4.98 Å². The van der Waals surface area contributed by atoms with Gasteiger partial charge in [0.05, 0.1) is 0 Å². The highest BCUT2D eigenvalue weighted by Gasteiger charge is 2.17. The second-order valence-electron chi connectivity index (χ2n) is 5.71. The highest BCUT2D eigenvalue weighted by molar-refractivity contribution is 5.72. The standard InChI is InChI=1S/C16H15N7O/c1-9(2)14-20-21-15(24-14)12-6-11(10-4-3-5-18-8-10)7-13-19-16(17)22-23(12)13/h3-9H,1-2H3,(H2,17,22). The van der Waals surface area contributed by atoms with Gasteiger partial charge < -0.3 is 10.2 Å². The summed E-state index contributed by atoms with van der Waals surface area (Å²) >= 11 is 0. The summed E-state index contributed by atoms with van der Waals surface area (Å²) in [6.07, 6.45) is 3.51. The van der Waals surface area contributed by atoms with Gasteiger partial charge in [0.2, 0.25) is 11.8 Å². The third kappa shape index (κ3) is 2.37. The van der Waals surface area contributed by atoms with E-state index in [-0.39, 0.29) is 11.9 Å². The van der Waals surface area contributed by atoms with Crippen LogP contribution in [0, 0.1) is 0 Å². The van der Waals surface area contributed by atoms with Crippen LogP contribution in [-0.4, -0.2) is 29.8 Å². The molecule has 24 heavy (non-hydrogen) atoms. The molecule has 4 aromatic rings. The van der Waals surface area contributed by atoms with E-state index < -0.39 is 0 Å². The second kappa shape index (κ2) is 5.41. The van der Waals surface area contributed by atoms with Crippen LogP contribution in [0.3, 0.4) is 0 Å². The maximum Gasteiger partial charge on any atom is 0.266 e.